The summed E-state index contributed by atoms with van der Waals surface area (Å²) < 4.78 is 38.6. The molecule has 0 aliphatic rings. The Hall–Kier alpha value is -2.70. The number of nitrogens with zero attached hydrogens (tertiary/aromatic N) is 4. The first-order chi connectivity index (χ1) is 10.0. The van der Waals surface area contributed by atoms with E-state index in [1.165, 1.54) is 12.4 Å². The van der Waals surface area contributed by atoms with Crippen LogP contribution < -0.4 is 0 Å². The monoisotopic (exact) mass is 290 g/mol. The average Bonchev–Trinajstić information content (AvgIpc) is 2.98. The Morgan fingerprint density at radius 1 is 0.952 bits per heavy atom. The van der Waals surface area contributed by atoms with Gasteiger partial charge in [-0.1, -0.05) is 30.3 Å². The Morgan fingerprint density at radius 2 is 1.71 bits per heavy atom. The number of alkyl halides is 3. The molecule has 0 atom stereocenters. The largest absolute Gasteiger partial charge is 0.435 e. The van der Waals surface area contributed by atoms with Gasteiger partial charge in [-0.15, -0.1) is 0 Å². The minimum atomic E-state index is -4.48. The third-order valence-electron chi connectivity index (χ3n) is 2.80. The molecule has 0 bridgehead atoms. The third-order valence-corrected chi connectivity index (χ3v) is 2.80. The molecular formula is C14H9F3N4. The lowest BCUT2D eigenvalue weighted by atomic mass is 10.1. The lowest BCUT2D eigenvalue weighted by Gasteiger charge is -2.04. The SMILES string of the molecule is FC(F)(F)c1ccn(-c2nccc(-c3ccccc3)n2)n1. The topological polar surface area (TPSA) is 43.6 Å². The maximum Gasteiger partial charge on any atom is 0.435 e. The Balaban J connectivity index is 1.99. The molecule has 3 rings (SSSR count). The Bertz CT molecular complexity index is 750. The summed E-state index contributed by atoms with van der Waals surface area (Å²) in [6.07, 6.45) is -1.81. The maximum absolute atomic E-state index is 12.5. The molecule has 0 saturated heterocycles. The van der Waals surface area contributed by atoms with E-state index in [2.05, 4.69) is 15.1 Å². The second-order valence-electron chi connectivity index (χ2n) is 4.25. The molecule has 1 aromatic carbocycles. The van der Waals surface area contributed by atoms with Crippen molar-refractivity contribution in [2.75, 3.05) is 0 Å². The summed E-state index contributed by atoms with van der Waals surface area (Å²) >= 11 is 0. The first kappa shape index (κ1) is 13.3. The van der Waals surface area contributed by atoms with Crippen molar-refractivity contribution in [3.05, 3.63) is 60.6 Å². The molecule has 0 fully saturated rings. The van der Waals surface area contributed by atoms with Crippen LogP contribution in [0.1, 0.15) is 5.69 Å². The van der Waals surface area contributed by atoms with Crippen LogP contribution in [0.5, 0.6) is 0 Å². The van der Waals surface area contributed by atoms with E-state index in [9.17, 15) is 13.2 Å². The van der Waals surface area contributed by atoms with E-state index < -0.39 is 11.9 Å². The lowest BCUT2D eigenvalue weighted by molar-refractivity contribution is -0.141. The average molecular weight is 290 g/mol. The molecule has 0 radical (unpaired) electrons. The van der Waals surface area contributed by atoms with Gasteiger partial charge in [-0.25, -0.2) is 14.6 Å². The fourth-order valence-electron chi connectivity index (χ4n) is 1.81. The van der Waals surface area contributed by atoms with Crippen molar-refractivity contribution in [1.29, 1.82) is 0 Å². The molecule has 3 aromatic rings. The maximum atomic E-state index is 12.5. The second-order valence-corrected chi connectivity index (χ2v) is 4.25. The Labute approximate surface area is 117 Å². The zero-order chi connectivity index (χ0) is 14.9. The molecule has 0 amide bonds. The van der Waals surface area contributed by atoms with Crippen LogP contribution >= 0.6 is 0 Å². The van der Waals surface area contributed by atoms with Crippen molar-refractivity contribution in [3.63, 3.8) is 0 Å². The molecule has 21 heavy (non-hydrogen) atoms. The van der Waals surface area contributed by atoms with Gasteiger partial charge in [0, 0.05) is 18.0 Å². The fraction of sp³-hybridized carbons (Fsp3) is 0.0714. The van der Waals surface area contributed by atoms with Gasteiger partial charge in [-0.3, -0.25) is 0 Å². The van der Waals surface area contributed by atoms with Gasteiger partial charge in [0.1, 0.15) is 0 Å². The number of halogens is 3. The van der Waals surface area contributed by atoms with Gasteiger partial charge in [0.2, 0.25) is 0 Å². The zero-order valence-corrected chi connectivity index (χ0v) is 10.6. The summed E-state index contributed by atoms with van der Waals surface area (Å²) in [7, 11) is 0. The van der Waals surface area contributed by atoms with Crippen molar-refractivity contribution in [2.24, 2.45) is 0 Å². The normalized spacial score (nSPS) is 11.6. The number of hydrogen-bond acceptors (Lipinski definition) is 3. The van der Waals surface area contributed by atoms with Crippen LogP contribution in [0.15, 0.2) is 54.9 Å². The van der Waals surface area contributed by atoms with Crippen molar-refractivity contribution < 1.29 is 13.2 Å². The van der Waals surface area contributed by atoms with Gasteiger partial charge in [-0.2, -0.15) is 18.3 Å². The van der Waals surface area contributed by atoms with Crippen LogP contribution in [-0.2, 0) is 6.18 Å². The second kappa shape index (κ2) is 5.01. The fourth-order valence-corrected chi connectivity index (χ4v) is 1.81. The molecule has 0 unspecified atom stereocenters. The van der Waals surface area contributed by atoms with Crippen molar-refractivity contribution in [2.45, 2.75) is 6.18 Å². The van der Waals surface area contributed by atoms with Gasteiger partial charge in [-0.05, 0) is 12.1 Å². The van der Waals surface area contributed by atoms with Crippen LogP contribution in [0.2, 0.25) is 0 Å². The molecule has 0 saturated carbocycles. The van der Waals surface area contributed by atoms with Gasteiger partial charge in [0.25, 0.3) is 5.95 Å². The van der Waals surface area contributed by atoms with E-state index in [-0.39, 0.29) is 5.95 Å². The standard InChI is InChI=1S/C14H9F3N4/c15-14(16,17)12-7-9-21(20-12)13-18-8-6-11(19-13)10-4-2-1-3-5-10/h1-9H. The number of hydrogen-bond donors (Lipinski definition) is 0. The summed E-state index contributed by atoms with van der Waals surface area (Å²) in [5.74, 6) is 0.0897. The van der Waals surface area contributed by atoms with E-state index in [0.29, 0.717) is 5.69 Å². The van der Waals surface area contributed by atoms with Crippen LogP contribution in [0, 0.1) is 0 Å². The number of rotatable bonds is 2. The molecule has 0 N–H and O–H groups in total. The molecule has 0 spiro atoms. The van der Waals surface area contributed by atoms with E-state index >= 15 is 0 Å². The first-order valence-corrected chi connectivity index (χ1v) is 6.06. The summed E-state index contributed by atoms with van der Waals surface area (Å²) in [4.78, 5) is 8.18. The molecule has 0 aliphatic heterocycles. The number of benzene rings is 1. The van der Waals surface area contributed by atoms with E-state index in [4.69, 9.17) is 0 Å². The quantitative estimate of drug-likeness (QED) is 0.727. The van der Waals surface area contributed by atoms with Crippen LogP contribution in [0.25, 0.3) is 17.2 Å². The molecule has 106 valence electrons. The molecule has 7 heteroatoms. The highest BCUT2D eigenvalue weighted by molar-refractivity contribution is 5.58. The van der Waals surface area contributed by atoms with Crippen LogP contribution in [0.3, 0.4) is 0 Å². The van der Waals surface area contributed by atoms with E-state index in [1.54, 1.807) is 6.07 Å². The third kappa shape index (κ3) is 2.76. The minimum absolute atomic E-state index is 0.0897. The van der Waals surface area contributed by atoms with Crippen molar-refractivity contribution >= 4 is 0 Å². The summed E-state index contributed by atoms with van der Waals surface area (Å²) in [6.45, 7) is 0. The van der Waals surface area contributed by atoms with Gasteiger partial charge in [0.05, 0.1) is 5.69 Å². The first-order valence-electron chi connectivity index (χ1n) is 6.06. The van der Waals surface area contributed by atoms with Crippen molar-refractivity contribution in [3.8, 4) is 17.2 Å². The Kier molecular flexibility index (Phi) is 3.17. The molecule has 2 heterocycles. The van der Waals surface area contributed by atoms with E-state index in [0.717, 1.165) is 16.3 Å². The van der Waals surface area contributed by atoms with Crippen LogP contribution in [0.4, 0.5) is 13.2 Å². The molecule has 0 aliphatic carbocycles. The highest BCUT2D eigenvalue weighted by atomic mass is 19.4. The number of aromatic nitrogens is 4. The van der Waals surface area contributed by atoms with Crippen molar-refractivity contribution in [1.82, 2.24) is 19.7 Å². The molecular weight excluding hydrogens is 281 g/mol. The highest BCUT2D eigenvalue weighted by Crippen LogP contribution is 2.27. The smallest absolute Gasteiger partial charge is 0.220 e. The molecule has 2 aromatic heterocycles. The van der Waals surface area contributed by atoms with E-state index in [1.807, 2.05) is 30.3 Å². The van der Waals surface area contributed by atoms with Gasteiger partial charge in [0.15, 0.2) is 5.69 Å². The predicted octanol–water partition coefficient (Wildman–Crippen LogP) is 3.35. The summed E-state index contributed by atoms with van der Waals surface area (Å²) in [6, 6.07) is 11.9. The predicted molar refractivity (Wildman–Crippen MR) is 69.6 cm³/mol. The molecule has 4 nitrogen and oxygen atoms in total. The van der Waals surface area contributed by atoms with Gasteiger partial charge < -0.3 is 0 Å². The summed E-state index contributed by atoms with van der Waals surface area (Å²) in [5, 5.41) is 3.45. The summed E-state index contributed by atoms with van der Waals surface area (Å²) in [5.41, 5.74) is 0.491. The highest BCUT2D eigenvalue weighted by Gasteiger charge is 2.33. The minimum Gasteiger partial charge on any atom is -0.220 e. The lowest BCUT2D eigenvalue weighted by Crippen LogP contribution is -2.08. The van der Waals surface area contributed by atoms with Crippen LogP contribution in [-0.4, -0.2) is 19.7 Å². The Morgan fingerprint density at radius 3 is 2.38 bits per heavy atom. The zero-order valence-electron chi connectivity index (χ0n) is 10.6. The van der Waals surface area contributed by atoms with Gasteiger partial charge >= 0.3 is 6.18 Å².